The van der Waals surface area contributed by atoms with Gasteiger partial charge >= 0.3 is 0 Å². The monoisotopic (exact) mass is 162 g/mol. The van der Waals surface area contributed by atoms with Crippen molar-refractivity contribution in [3.05, 3.63) is 0 Å². The zero-order chi connectivity index (χ0) is 9.02. The van der Waals surface area contributed by atoms with Crippen LogP contribution in [0.25, 0.3) is 0 Å². The topological polar surface area (TPSA) is 94.8 Å². The van der Waals surface area contributed by atoms with E-state index in [1.165, 1.54) is 0 Å². The van der Waals surface area contributed by atoms with Crippen LogP contribution < -0.4 is 0 Å². The van der Waals surface area contributed by atoms with Crippen molar-refractivity contribution < 1.29 is 24.9 Å². The molecule has 0 bridgehead atoms. The van der Waals surface area contributed by atoms with E-state index in [0.717, 1.165) is 6.92 Å². The molecule has 3 atom stereocenters. The van der Waals surface area contributed by atoms with Gasteiger partial charge in [-0.1, -0.05) is 0 Å². The Hall–Kier alpha value is -0.780. The summed E-state index contributed by atoms with van der Waals surface area (Å²) >= 11 is 0. The highest BCUT2D eigenvalue weighted by molar-refractivity contribution is 5.89. The number of hydrogen-bond acceptors (Lipinski definition) is 5. The maximum atomic E-state index is 10.6. The average Bonchev–Trinajstić information content (AvgIpc) is 2.00. The Bertz CT molecular complexity index is 153. The zero-order valence-corrected chi connectivity index (χ0v) is 5.97. The van der Waals surface area contributed by atoms with Gasteiger partial charge < -0.3 is 20.1 Å². The Morgan fingerprint density at radius 1 is 1.36 bits per heavy atom. The molecule has 64 valence electrons. The van der Waals surface area contributed by atoms with Crippen LogP contribution in [-0.2, 0) is 9.59 Å². The van der Waals surface area contributed by atoms with Crippen LogP contribution in [0.4, 0.5) is 0 Å². The van der Waals surface area contributed by atoms with Crippen molar-refractivity contribution in [2.45, 2.75) is 25.2 Å². The Morgan fingerprint density at radius 2 is 1.82 bits per heavy atom. The van der Waals surface area contributed by atoms with Gasteiger partial charge in [0.15, 0.2) is 12.1 Å². The lowest BCUT2D eigenvalue weighted by atomic mass is 10.1. The van der Waals surface area contributed by atoms with Gasteiger partial charge in [-0.15, -0.1) is 0 Å². The van der Waals surface area contributed by atoms with Crippen LogP contribution in [0.3, 0.4) is 0 Å². The van der Waals surface area contributed by atoms with Crippen molar-refractivity contribution in [2.75, 3.05) is 0 Å². The van der Waals surface area contributed by atoms with Crippen molar-refractivity contribution in [2.24, 2.45) is 0 Å². The molecule has 0 aliphatic rings. The molecule has 0 spiro atoms. The van der Waals surface area contributed by atoms with Gasteiger partial charge in [0.05, 0.1) is 0 Å². The summed E-state index contributed by atoms with van der Waals surface area (Å²) in [5, 5.41) is 26.0. The standard InChI is InChI=1S/C6H10O5/c1-3(8)5(10)6(11)4(9)2-7/h2-4,6,8-9,11H,1H3/t3-,4-,6-/m1/s1. The fourth-order valence-corrected chi connectivity index (χ4v) is 0.490. The molecule has 0 aliphatic carbocycles. The third-order valence-electron chi connectivity index (χ3n) is 1.17. The number of hydrogen-bond donors (Lipinski definition) is 3. The molecule has 0 aromatic rings. The summed E-state index contributed by atoms with van der Waals surface area (Å²) in [5.41, 5.74) is 0. The van der Waals surface area contributed by atoms with E-state index in [1.54, 1.807) is 0 Å². The van der Waals surface area contributed by atoms with Gasteiger partial charge in [0, 0.05) is 0 Å². The van der Waals surface area contributed by atoms with E-state index in [4.69, 9.17) is 15.3 Å². The lowest BCUT2D eigenvalue weighted by molar-refractivity contribution is -0.143. The minimum Gasteiger partial charge on any atom is -0.386 e. The van der Waals surface area contributed by atoms with E-state index in [0.29, 0.717) is 0 Å². The van der Waals surface area contributed by atoms with Crippen LogP contribution in [0, 0.1) is 0 Å². The van der Waals surface area contributed by atoms with Gasteiger partial charge in [-0.3, -0.25) is 4.79 Å². The Kier molecular flexibility index (Phi) is 3.88. The second kappa shape index (κ2) is 4.17. The van der Waals surface area contributed by atoms with Gasteiger partial charge in [-0.05, 0) is 6.92 Å². The van der Waals surface area contributed by atoms with Crippen molar-refractivity contribution in [3.8, 4) is 0 Å². The molecular formula is C6H10O5. The number of ketones is 1. The molecule has 0 rings (SSSR count). The molecule has 0 saturated carbocycles. The molecule has 3 N–H and O–H groups in total. The fourth-order valence-electron chi connectivity index (χ4n) is 0.490. The number of carbonyl (C=O) groups excluding carboxylic acids is 2. The summed E-state index contributed by atoms with van der Waals surface area (Å²) in [6.45, 7) is 1.14. The molecule has 0 radical (unpaired) electrons. The van der Waals surface area contributed by atoms with Crippen LogP contribution in [0.5, 0.6) is 0 Å². The number of aliphatic hydroxyl groups is 3. The van der Waals surface area contributed by atoms with Crippen LogP contribution >= 0.6 is 0 Å². The molecule has 0 fully saturated rings. The first kappa shape index (κ1) is 10.2. The van der Waals surface area contributed by atoms with Crippen LogP contribution in [0.1, 0.15) is 6.92 Å². The smallest absolute Gasteiger partial charge is 0.192 e. The van der Waals surface area contributed by atoms with Gasteiger partial charge in [0.25, 0.3) is 0 Å². The predicted octanol–water partition coefficient (Wildman–Crippen LogP) is -2.14. The van der Waals surface area contributed by atoms with Crippen LogP contribution in [0.15, 0.2) is 0 Å². The molecule has 0 heterocycles. The van der Waals surface area contributed by atoms with Crippen molar-refractivity contribution in [1.29, 1.82) is 0 Å². The summed E-state index contributed by atoms with van der Waals surface area (Å²) in [5.74, 6) is -0.968. The molecule has 0 aliphatic heterocycles. The first-order chi connectivity index (χ1) is 5.00. The van der Waals surface area contributed by atoms with Crippen molar-refractivity contribution in [3.63, 3.8) is 0 Å². The van der Waals surface area contributed by atoms with E-state index < -0.39 is 24.1 Å². The average molecular weight is 162 g/mol. The highest BCUT2D eigenvalue weighted by Crippen LogP contribution is 1.96. The largest absolute Gasteiger partial charge is 0.386 e. The maximum absolute atomic E-state index is 10.6. The Balaban J connectivity index is 4.12. The molecule has 5 heteroatoms. The molecule has 11 heavy (non-hydrogen) atoms. The van der Waals surface area contributed by atoms with E-state index in [1.807, 2.05) is 0 Å². The minimum absolute atomic E-state index is 0.0327. The van der Waals surface area contributed by atoms with Gasteiger partial charge in [-0.25, -0.2) is 0 Å². The summed E-state index contributed by atoms with van der Waals surface area (Å²) in [6.07, 6.45) is -4.92. The second-order valence-corrected chi connectivity index (χ2v) is 2.15. The third-order valence-corrected chi connectivity index (χ3v) is 1.17. The van der Waals surface area contributed by atoms with Gasteiger partial charge in [0.1, 0.15) is 18.3 Å². The van der Waals surface area contributed by atoms with E-state index >= 15 is 0 Å². The van der Waals surface area contributed by atoms with Crippen LogP contribution in [0.2, 0.25) is 0 Å². The summed E-state index contributed by atoms with van der Waals surface area (Å²) in [4.78, 5) is 20.5. The zero-order valence-electron chi connectivity index (χ0n) is 5.97. The Labute approximate surface area is 63.3 Å². The summed E-state index contributed by atoms with van der Waals surface area (Å²) in [6, 6.07) is 0. The number of carbonyl (C=O) groups is 2. The Morgan fingerprint density at radius 3 is 2.09 bits per heavy atom. The third kappa shape index (κ3) is 2.75. The first-order valence-corrected chi connectivity index (χ1v) is 3.04. The fraction of sp³-hybridized carbons (Fsp3) is 0.667. The highest BCUT2D eigenvalue weighted by atomic mass is 16.3. The predicted molar refractivity (Wildman–Crippen MR) is 34.8 cm³/mol. The first-order valence-electron chi connectivity index (χ1n) is 3.04. The highest BCUT2D eigenvalue weighted by Gasteiger charge is 2.26. The lowest BCUT2D eigenvalue weighted by Gasteiger charge is -2.12. The number of Topliss-reactive ketones (excluding diaryl/α,β-unsaturated/α-hetero) is 1. The number of aldehydes is 1. The number of aliphatic hydroxyl groups excluding tert-OH is 3. The molecule has 0 aromatic heterocycles. The van der Waals surface area contributed by atoms with Crippen molar-refractivity contribution in [1.82, 2.24) is 0 Å². The van der Waals surface area contributed by atoms with Crippen LogP contribution in [-0.4, -0.2) is 45.7 Å². The second-order valence-electron chi connectivity index (χ2n) is 2.15. The maximum Gasteiger partial charge on any atom is 0.192 e. The minimum atomic E-state index is -1.83. The molecule has 0 saturated heterocycles. The quantitative estimate of drug-likeness (QED) is 0.410. The van der Waals surface area contributed by atoms with E-state index in [-0.39, 0.29) is 6.29 Å². The van der Waals surface area contributed by atoms with E-state index in [9.17, 15) is 9.59 Å². The normalized spacial score (nSPS) is 18.5. The molecule has 0 aromatic carbocycles. The molecular weight excluding hydrogens is 152 g/mol. The molecule has 0 amide bonds. The summed E-state index contributed by atoms with van der Waals surface area (Å²) < 4.78 is 0. The van der Waals surface area contributed by atoms with Crippen molar-refractivity contribution >= 4 is 12.1 Å². The van der Waals surface area contributed by atoms with Gasteiger partial charge in [-0.2, -0.15) is 0 Å². The number of rotatable bonds is 4. The van der Waals surface area contributed by atoms with Gasteiger partial charge in [0.2, 0.25) is 0 Å². The molecule has 5 nitrogen and oxygen atoms in total. The lowest BCUT2D eigenvalue weighted by Crippen LogP contribution is -2.40. The SMILES string of the molecule is C[C@@H](O)C(=O)[C@H](O)[C@H](O)C=O. The molecule has 0 unspecified atom stereocenters. The van der Waals surface area contributed by atoms with E-state index in [2.05, 4.69) is 0 Å². The summed E-state index contributed by atoms with van der Waals surface area (Å²) in [7, 11) is 0.